The highest BCUT2D eigenvalue weighted by Gasteiger charge is 2.33. The number of hydrogen-bond acceptors (Lipinski definition) is 3. The molecule has 1 aliphatic rings. The fourth-order valence-electron chi connectivity index (χ4n) is 2.82. The Morgan fingerprint density at radius 3 is 2.90 bits per heavy atom. The van der Waals surface area contributed by atoms with E-state index in [1.165, 1.54) is 11.3 Å². The summed E-state index contributed by atoms with van der Waals surface area (Å²) in [6, 6.07) is 10.4. The first-order valence-corrected chi connectivity index (χ1v) is 8.23. The minimum atomic E-state index is 0.0272. The summed E-state index contributed by atoms with van der Waals surface area (Å²) < 4.78 is 5.93. The van der Waals surface area contributed by atoms with E-state index in [9.17, 15) is 0 Å². The van der Waals surface area contributed by atoms with Crippen molar-refractivity contribution < 1.29 is 4.74 Å². The molecule has 1 aliphatic heterocycles. The van der Waals surface area contributed by atoms with Crippen molar-refractivity contribution in [1.29, 1.82) is 0 Å². The third kappa shape index (κ3) is 2.79. The first-order chi connectivity index (χ1) is 9.70. The smallest absolute Gasteiger partial charge is 0.123 e. The van der Waals surface area contributed by atoms with Gasteiger partial charge in [0.15, 0.2) is 0 Å². The Kier molecular flexibility index (Phi) is 3.90. The third-order valence-electron chi connectivity index (χ3n) is 4.30. The molecule has 1 aromatic carbocycles. The van der Waals surface area contributed by atoms with E-state index < -0.39 is 0 Å². The van der Waals surface area contributed by atoms with Crippen LogP contribution in [0.1, 0.15) is 44.7 Å². The van der Waals surface area contributed by atoms with Gasteiger partial charge in [-0.1, -0.05) is 37.3 Å². The molecule has 3 heteroatoms. The molecule has 0 spiro atoms. The summed E-state index contributed by atoms with van der Waals surface area (Å²) in [6.45, 7) is 5.29. The largest absolute Gasteiger partial charge is 0.375 e. The van der Waals surface area contributed by atoms with Gasteiger partial charge in [-0.3, -0.25) is 0 Å². The number of thiazole rings is 1. The molecular weight excluding hydrogens is 266 g/mol. The van der Waals surface area contributed by atoms with Crippen LogP contribution in [0.25, 0.3) is 10.6 Å². The van der Waals surface area contributed by atoms with E-state index in [1.54, 1.807) is 11.3 Å². The van der Waals surface area contributed by atoms with Gasteiger partial charge < -0.3 is 4.74 Å². The SMILES string of the molecule is CCC1(C)CC(c2csc(-c3ccccc3)n2)CCO1. The highest BCUT2D eigenvalue weighted by molar-refractivity contribution is 7.13. The summed E-state index contributed by atoms with van der Waals surface area (Å²) in [5.41, 5.74) is 2.49. The zero-order valence-corrected chi connectivity index (χ0v) is 13.0. The number of hydrogen-bond donors (Lipinski definition) is 0. The lowest BCUT2D eigenvalue weighted by Crippen LogP contribution is -2.35. The second-order valence-electron chi connectivity index (χ2n) is 5.79. The van der Waals surface area contributed by atoms with Crippen LogP contribution < -0.4 is 0 Å². The Morgan fingerprint density at radius 2 is 2.15 bits per heavy atom. The molecule has 1 aromatic heterocycles. The predicted octanol–water partition coefficient (Wildman–Crippen LogP) is 4.87. The molecule has 106 valence electrons. The van der Waals surface area contributed by atoms with Crippen molar-refractivity contribution in [3.8, 4) is 10.6 Å². The monoisotopic (exact) mass is 287 g/mol. The van der Waals surface area contributed by atoms with Crippen LogP contribution in [-0.4, -0.2) is 17.2 Å². The van der Waals surface area contributed by atoms with Crippen molar-refractivity contribution in [1.82, 2.24) is 4.98 Å². The molecule has 0 amide bonds. The van der Waals surface area contributed by atoms with Gasteiger partial charge in [0.05, 0.1) is 11.3 Å². The van der Waals surface area contributed by atoms with Gasteiger partial charge in [0.1, 0.15) is 5.01 Å². The maximum Gasteiger partial charge on any atom is 0.123 e. The molecule has 3 rings (SSSR count). The summed E-state index contributed by atoms with van der Waals surface area (Å²) in [5.74, 6) is 0.544. The predicted molar refractivity (Wildman–Crippen MR) is 84.2 cm³/mol. The Morgan fingerprint density at radius 1 is 1.35 bits per heavy atom. The van der Waals surface area contributed by atoms with Crippen LogP contribution >= 0.6 is 11.3 Å². The maximum absolute atomic E-state index is 5.93. The second-order valence-corrected chi connectivity index (χ2v) is 6.64. The van der Waals surface area contributed by atoms with Crippen LogP contribution in [0.2, 0.25) is 0 Å². The zero-order chi connectivity index (χ0) is 14.0. The Labute approximate surface area is 124 Å². The third-order valence-corrected chi connectivity index (χ3v) is 5.21. The molecule has 20 heavy (non-hydrogen) atoms. The van der Waals surface area contributed by atoms with Gasteiger partial charge in [-0.2, -0.15) is 0 Å². The van der Waals surface area contributed by atoms with Crippen LogP contribution in [-0.2, 0) is 4.74 Å². The van der Waals surface area contributed by atoms with Crippen molar-refractivity contribution >= 4 is 11.3 Å². The van der Waals surface area contributed by atoms with Crippen LogP contribution in [0, 0.1) is 0 Å². The molecule has 0 radical (unpaired) electrons. The summed E-state index contributed by atoms with van der Waals surface area (Å²) in [4.78, 5) is 4.87. The summed E-state index contributed by atoms with van der Waals surface area (Å²) in [5, 5.41) is 3.36. The van der Waals surface area contributed by atoms with Gasteiger partial charge in [-0.25, -0.2) is 4.98 Å². The molecule has 1 saturated heterocycles. The molecule has 2 atom stereocenters. The molecule has 0 bridgehead atoms. The highest BCUT2D eigenvalue weighted by Crippen LogP contribution is 2.38. The van der Waals surface area contributed by atoms with E-state index in [1.807, 2.05) is 6.07 Å². The number of rotatable bonds is 3. The van der Waals surface area contributed by atoms with Gasteiger partial charge >= 0.3 is 0 Å². The second kappa shape index (κ2) is 5.66. The first-order valence-electron chi connectivity index (χ1n) is 7.35. The van der Waals surface area contributed by atoms with Gasteiger partial charge in [0.2, 0.25) is 0 Å². The molecule has 2 heterocycles. The van der Waals surface area contributed by atoms with Crippen molar-refractivity contribution in [3.63, 3.8) is 0 Å². The summed E-state index contributed by atoms with van der Waals surface area (Å²) in [6.07, 6.45) is 3.24. The number of ether oxygens (including phenoxy) is 1. The van der Waals surface area contributed by atoms with Crippen LogP contribution in [0.15, 0.2) is 35.7 Å². The topological polar surface area (TPSA) is 22.1 Å². The van der Waals surface area contributed by atoms with Crippen LogP contribution in [0.3, 0.4) is 0 Å². The van der Waals surface area contributed by atoms with Crippen molar-refractivity contribution in [2.24, 2.45) is 0 Å². The Bertz CT molecular complexity index is 565. The minimum Gasteiger partial charge on any atom is -0.375 e. The van der Waals surface area contributed by atoms with E-state index in [4.69, 9.17) is 9.72 Å². The van der Waals surface area contributed by atoms with Gasteiger partial charge in [0.25, 0.3) is 0 Å². The van der Waals surface area contributed by atoms with E-state index in [0.717, 1.165) is 30.9 Å². The number of aromatic nitrogens is 1. The Hall–Kier alpha value is -1.19. The van der Waals surface area contributed by atoms with Crippen molar-refractivity contribution in [2.45, 2.75) is 44.6 Å². The quantitative estimate of drug-likeness (QED) is 0.803. The average molecular weight is 287 g/mol. The zero-order valence-electron chi connectivity index (χ0n) is 12.1. The molecule has 1 fully saturated rings. The van der Waals surface area contributed by atoms with E-state index >= 15 is 0 Å². The molecule has 2 nitrogen and oxygen atoms in total. The number of nitrogens with zero attached hydrogens (tertiary/aromatic N) is 1. The lowest BCUT2D eigenvalue weighted by Gasteiger charge is -2.37. The molecule has 0 N–H and O–H groups in total. The fraction of sp³-hybridized carbons (Fsp3) is 0.471. The van der Waals surface area contributed by atoms with Gasteiger partial charge in [-0.15, -0.1) is 11.3 Å². The fourth-order valence-corrected chi connectivity index (χ4v) is 3.72. The van der Waals surface area contributed by atoms with Gasteiger partial charge in [0, 0.05) is 23.5 Å². The van der Waals surface area contributed by atoms with E-state index in [0.29, 0.717) is 5.92 Å². The molecule has 2 unspecified atom stereocenters. The maximum atomic E-state index is 5.93. The molecule has 2 aromatic rings. The molecule has 0 aliphatic carbocycles. The van der Waals surface area contributed by atoms with Gasteiger partial charge in [-0.05, 0) is 26.2 Å². The van der Waals surface area contributed by atoms with Crippen LogP contribution in [0.5, 0.6) is 0 Å². The molecular formula is C17H21NOS. The summed E-state index contributed by atoms with van der Waals surface area (Å²) >= 11 is 1.75. The van der Waals surface area contributed by atoms with E-state index in [2.05, 4.69) is 43.5 Å². The first kappa shape index (κ1) is 13.8. The van der Waals surface area contributed by atoms with Crippen molar-refractivity contribution in [2.75, 3.05) is 6.61 Å². The average Bonchev–Trinajstić information content (AvgIpc) is 2.98. The lowest BCUT2D eigenvalue weighted by atomic mass is 9.84. The molecule has 0 saturated carbocycles. The number of benzene rings is 1. The Balaban J connectivity index is 1.80. The lowest BCUT2D eigenvalue weighted by molar-refractivity contribution is -0.0750. The summed E-state index contributed by atoms with van der Waals surface area (Å²) in [7, 11) is 0. The van der Waals surface area contributed by atoms with Crippen LogP contribution in [0.4, 0.5) is 0 Å². The van der Waals surface area contributed by atoms with Crippen molar-refractivity contribution in [3.05, 3.63) is 41.4 Å². The highest BCUT2D eigenvalue weighted by atomic mass is 32.1. The normalized spacial score (nSPS) is 26.6. The standard InChI is InChI=1S/C17H21NOS/c1-3-17(2)11-14(9-10-19-17)15-12-20-16(18-15)13-7-5-4-6-8-13/h4-8,12,14H,3,9-11H2,1-2H3. The van der Waals surface area contributed by atoms with E-state index in [-0.39, 0.29) is 5.60 Å². The minimum absolute atomic E-state index is 0.0272.